The van der Waals surface area contributed by atoms with Gasteiger partial charge >= 0.3 is 23.9 Å². The van der Waals surface area contributed by atoms with Crippen LogP contribution < -0.4 is 0 Å². The summed E-state index contributed by atoms with van der Waals surface area (Å²) in [5.41, 5.74) is 0. The van der Waals surface area contributed by atoms with Crippen molar-refractivity contribution in [1.29, 1.82) is 0 Å². The van der Waals surface area contributed by atoms with Crippen molar-refractivity contribution in [2.45, 2.75) is 71.5 Å². The molecule has 0 amide bonds. The molecule has 0 aromatic heterocycles. The van der Waals surface area contributed by atoms with E-state index >= 15 is 0 Å². The quantitative estimate of drug-likeness (QED) is 0.0352. The molecule has 4 N–H and O–H groups in total. The van der Waals surface area contributed by atoms with Gasteiger partial charge in [-0.25, -0.2) is 0 Å². The minimum absolute atomic E-state index is 0.0634. The first-order chi connectivity index (χ1) is 25.0. The predicted molar refractivity (Wildman–Crippen MR) is 192 cm³/mol. The summed E-state index contributed by atoms with van der Waals surface area (Å²) >= 11 is 0. The molecule has 0 aliphatic rings. The van der Waals surface area contributed by atoms with Gasteiger partial charge in [-0.1, -0.05) is 6.92 Å². The first-order valence-corrected chi connectivity index (χ1v) is 18.5. The van der Waals surface area contributed by atoms with Crippen molar-refractivity contribution in [2.75, 3.05) is 132 Å². The summed E-state index contributed by atoms with van der Waals surface area (Å²) in [7, 11) is 1.52. The van der Waals surface area contributed by atoms with Gasteiger partial charge in [0, 0.05) is 92.1 Å². The van der Waals surface area contributed by atoms with Crippen LogP contribution in [0.5, 0.6) is 0 Å². The van der Waals surface area contributed by atoms with E-state index in [2.05, 4.69) is 0 Å². The number of aliphatic hydroxyl groups excluding tert-OH is 4. The Hall–Kier alpha value is -2.48. The molecule has 0 rings (SSSR count). The molecule has 0 saturated carbocycles. The monoisotopic (exact) mass is 752 g/mol. The Bertz CT molecular complexity index is 933. The second-order valence-corrected chi connectivity index (χ2v) is 12.5. The summed E-state index contributed by atoms with van der Waals surface area (Å²) in [6.45, 7) is 10.8. The number of rotatable bonds is 35. The van der Waals surface area contributed by atoms with Crippen LogP contribution in [0.1, 0.15) is 59.3 Å². The second-order valence-electron chi connectivity index (χ2n) is 12.5. The van der Waals surface area contributed by atoms with Crippen LogP contribution in [-0.2, 0) is 42.9 Å². The zero-order valence-electron chi connectivity index (χ0n) is 32.1. The van der Waals surface area contributed by atoms with Gasteiger partial charge in [-0.3, -0.25) is 38.8 Å². The van der Waals surface area contributed by atoms with Crippen molar-refractivity contribution >= 4 is 23.9 Å². The molecule has 0 aliphatic heterocycles. The van der Waals surface area contributed by atoms with Crippen molar-refractivity contribution in [3.8, 4) is 0 Å². The predicted octanol–water partition coefficient (Wildman–Crippen LogP) is -0.880. The van der Waals surface area contributed by atoms with Crippen molar-refractivity contribution in [2.24, 2.45) is 0 Å². The lowest BCUT2D eigenvalue weighted by atomic mass is 10.3. The highest BCUT2D eigenvalue weighted by Gasteiger charge is 2.17. The number of carbonyl (C=O) groups is 4. The first kappa shape index (κ1) is 49.5. The molecule has 0 saturated heterocycles. The van der Waals surface area contributed by atoms with Crippen LogP contribution in [0.25, 0.3) is 0 Å². The molecule has 52 heavy (non-hydrogen) atoms. The Labute approximate surface area is 310 Å². The van der Waals surface area contributed by atoms with E-state index in [-0.39, 0.29) is 83.4 Å². The van der Waals surface area contributed by atoms with Gasteiger partial charge in [0.25, 0.3) is 0 Å². The second kappa shape index (κ2) is 33.1. The standard InChI is InChI=1S/C35H68N4O13/c1-5-30(2)51-34(46)8-13-38(21-25-42)17-15-36(19-23-40)11-6-32(44)49-27-10-31(3)52-35(47)9-14-39(22-26-43)18-16-37(20-24-41)12-7-33(45)50-29-28-48-4/h30-31,40-43H,5-29H2,1-4H3. The fourth-order valence-electron chi connectivity index (χ4n) is 4.90. The van der Waals surface area contributed by atoms with E-state index in [1.165, 1.54) is 7.11 Å². The van der Waals surface area contributed by atoms with Crippen LogP contribution in [0.3, 0.4) is 0 Å². The molecule has 17 heteroatoms. The van der Waals surface area contributed by atoms with E-state index in [0.717, 1.165) is 6.42 Å². The third-order valence-electron chi connectivity index (χ3n) is 8.24. The maximum absolute atomic E-state index is 12.5. The average molecular weight is 753 g/mol. The maximum Gasteiger partial charge on any atom is 0.307 e. The summed E-state index contributed by atoms with van der Waals surface area (Å²) in [4.78, 5) is 56.6. The molecule has 0 radical (unpaired) electrons. The SMILES string of the molecule is CCC(C)OC(=O)CCN(CCO)CCN(CCO)CCC(=O)OCCC(C)OC(=O)CCN(CCO)CCN(CCO)CCC(=O)OCCOC. The fourth-order valence-corrected chi connectivity index (χ4v) is 4.90. The third-order valence-corrected chi connectivity index (χ3v) is 8.24. The van der Waals surface area contributed by atoms with Crippen molar-refractivity contribution in [3.63, 3.8) is 0 Å². The summed E-state index contributed by atoms with van der Waals surface area (Å²) in [5.74, 6) is -1.48. The minimum Gasteiger partial charge on any atom is -0.465 e. The lowest BCUT2D eigenvalue weighted by molar-refractivity contribution is -0.151. The van der Waals surface area contributed by atoms with Gasteiger partial charge in [-0.2, -0.15) is 0 Å². The minimum atomic E-state index is -0.485. The Morgan fingerprint density at radius 3 is 1.17 bits per heavy atom. The molecule has 0 spiro atoms. The van der Waals surface area contributed by atoms with Gasteiger partial charge in [-0.05, 0) is 20.3 Å². The Kier molecular flexibility index (Phi) is 31.5. The molecule has 0 heterocycles. The highest BCUT2D eigenvalue weighted by molar-refractivity contribution is 5.70. The summed E-state index contributed by atoms with van der Waals surface area (Å²) in [5, 5.41) is 37.9. The number of carbonyl (C=O) groups excluding carboxylic acids is 4. The van der Waals surface area contributed by atoms with Crippen LogP contribution in [0.2, 0.25) is 0 Å². The molecule has 0 aromatic carbocycles. The van der Waals surface area contributed by atoms with Crippen molar-refractivity contribution in [1.82, 2.24) is 19.6 Å². The number of nitrogens with zero attached hydrogens (tertiary/aromatic N) is 4. The van der Waals surface area contributed by atoms with Gasteiger partial charge in [0.15, 0.2) is 0 Å². The number of hydrogen-bond donors (Lipinski definition) is 4. The maximum atomic E-state index is 12.5. The molecule has 17 nitrogen and oxygen atoms in total. The van der Waals surface area contributed by atoms with Crippen molar-refractivity contribution < 1.29 is 63.3 Å². The molecule has 2 atom stereocenters. The normalized spacial score (nSPS) is 12.8. The van der Waals surface area contributed by atoms with Crippen molar-refractivity contribution in [3.05, 3.63) is 0 Å². The molecular formula is C35H68N4O13. The lowest BCUT2D eigenvalue weighted by Gasteiger charge is -2.27. The number of hydrogen-bond acceptors (Lipinski definition) is 17. The number of esters is 4. The summed E-state index contributed by atoms with van der Waals surface area (Å²) in [6, 6.07) is 0. The van der Waals surface area contributed by atoms with E-state index < -0.39 is 18.0 Å². The van der Waals surface area contributed by atoms with E-state index in [0.29, 0.717) is 91.6 Å². The summed E-state index contributed by atoms with van der Waals surface area (Å²) < 4.78 is 26.1. The Morgan fingerprint density at radius 1 is 0.481 bits per heavy atom. The lowest BCUT2D eigenvalue weighted by Crippen LogP contribution is -2.39. The van der Waals surface area contributed by atoms with E-state index in [9.17, 15) is 39.6 Å². The van der Waals surface area contributed by atoms with Crippen LogP contribution in [0.4, 0.5) is 0 Å². The number of aliphatic hydroxyl groups is 4. The van der Waals surface area contributed by atoms with Crippen LogP contribution in [0, 0.1) is 0 Å². The molecule has 306 valence electrons. The molecule has 0 bridgehead atoms. The molecular weight excluding hydrogens is 684 g/mol. The molecule has 0 fully saturated rings. The van der Waals surface area contributed by atoms with E-state index in [1.807, 2.05) is 33.4 Å². The molecule has 0 aliphatic carbocycles. The molecule has 0 aromatic rings. The topological polar surface area (TPSA) is 208 Å². The van der Waals surface area contributed by atoms with Gasteiger partial charge in [0.05, 0.1) is 71.4 Å². The zero-order chi connectivity index (χ0) is 39.0. The van der Waals surface area contributed by atoms with Crippen LogP contribution in [0.15, 0.2) is 0 Å². The molecule has 2 unspecified atom stereocenters. The highest BCUT2D eigenvalue weighted by Crippen LogP contribution is 2.05. The Balaban J connectivity index is 4.52. The largest absolute Gasteiger partial charge is 0.465 e. The van der Waals surface area contributed by atoms with Gasteiger partial charge in [0.1, 0.15) is 12.7 Å². The van der Waals surface area contributed by atoms with Gasteiger partial charge < -0.3 is 44.1 Å². The van der Waals surface area contributed by atoms with E-state index in [1.54, 1.807) is 6.92 Å². The first-order valence-electron chi connectivity index (χ1n) is 18.5. The third kappa shape index (κ3) is 28.1. The highest BCUT2D eigenvalue weighted by atomic mass is 16.6. The zero-order valence-corrected chi connectivity index (χ0v) is 32.1. The van der Waals surface area contributed by atoms with Crippen LogP contribution >= 0.6 is 0 Å². The fraction of sp³-hybridized carbons (Fsp3) is 0.886. The number of ether oxygens (including phenoxy) is 5. The summed E-state index contributed by atoms with van der Waals surface area (Å²) in [6.07, 6.45) is 0.983. The Morgan fingerprint density at radius 2 is 0.827 bits per heavy atom. The van der Waals surface area contributed by atoms with E-state index in [4.69, 9.17) is 23.7 Å². The van der Waals surface area contributed by atoms with Crippen LogP contribution in [-0.4, -0.2) is 208 Å². The van der Waals surface area contributed by atoms with Gasteiger partial charge in [-0.15, -0.1) is 0 Å². The van der Waals surface area contributed by atoms with Gasteiger partial charge in [0.2, 0.25) is 0 Å². The number of methoxy groups -OCH3 is 1. The average Bonchev–Trinajstić information content (AvgIpc) is 3.11. The smallest absolute Gasteiger partial charge is 0.307 e.